The molecular weight excluding hydrogens is 224 g/mol. The van der Waals surface area contributed by atoms with Crippen LogP contribution in [0, 0.1) is 0 Å². The summed E-state index contributed by atoms with van der Waals surface area (Å²) in [7, 11) is 2.89. The lowest BCUT2D eigenvalue weighted by molar-refractivity contribution is -0.158. The number of carbonyl (C=O) groups is 2. The number of ether oxygens (including phenoxy) is 3. The molecule has 0 aromatic heterocycles. The van der Waals surface area contributed by atoms with Crippen LogP contribution in [0.15, 0.2) is 0 Å². The minimum Gasteiger partial charge on any atom is -0.460 e. The highest BCUT2D eigenvalue weighted by molar-refractivity contribution is 5.98. The molecule has 17 heavy (non-hydrogen) atoms. The van der Waals surface area contributed by atoms with Gasteiger partial charge in [0.1, 0.15) is 18.1 Å². The van der Waals surface area contributed by atoms with Crippen LogP contribution < -0.4 is 0 Å². The summed E-state index contributed by atoms with van der Waals surface area (Å²) < 4.78 is 15.1. The molecular formula is C12H22O5. The number of Topliss-reactive ketones (excluding diaryl/α,β-unsaturated/α-hetero) is 1. The van der Waals surface area contributed by atoms with Gasteiger partial charge in [-0.1, -0.05) is 0 Å². The number of ketones is 1. The topological polar surface area (TPSA) is 61.8 Å². The molecule has 5 heteroatoms. The molecule has 0 amide bonds. The predicted octanol–water partition coefficient (Wildman–Crippen LogP) is 1.34. The largest absolute Gasteiger partial charge is 0.460 e. The van der Waals surface area contributed by atoms with E-state index in [2.05, 4.69) is 0 Å². The Morgan fingerprint density at radius 3 is 2.00 bits per heavy atom. The minimum atomic E-state index is -0.743. The molecule has 0 aromatic carbocycles. The molecule has 5 nitrogen and oxygen atoms in total. The molecule has 0 rings (SSSR count). The summed E-state index contributed by atoms with van der Waals surface area (Å²) in [5.41, 5.74) is -0.590. The minimum absolute atomic E-state index is 0.302. The first-order chi connectivity index (χ1) is 7.71. The van der Waals surface area contributed by atoms with Gasteiger partial charge in [-0.3, -0.25) is 9.59 Å². The summed E-state index contributed by atoms with van der Waals surface area (Å²) in [5.74, 6) is -0.885. The second kappa shape index (κ2) is 6.71. The summed E-state index contributed by atoms with van der Waals surface area (Å²) in [5, 5.41) is 0. The van der Waals surface area contributed by atoms with E-state index in [1.54, 1.807) is 27.7 Å². The van der Waals surface area contributed by atoms with Gasteiger partial charge in [-0.15, -0.1) is 0 Å². The number of hydrogen-bond donors (Lipinski definition) is 0. The van der Waals surface area contributed by atoms with Crippen molar-refractivity contribution in [1.29, 1.82) is 0 Å². The van der Waals surface area contributed by atoms with Gasteiger partial charge in [-0.05, 0) is 27.7 Å². The van der Waals surface area contributed by atoms with Gasteiger partial charge in [0, 0.05) is 14.2 Å². The number of carbonyl (C=O) groups excluding carboxylic acids is 2. The van der Waals surface area contributed by atoms with Crippen LogP contribution in [0.3, 0.4) is 0 Å². The van der Waals surface area contributed by atoms with Crippen LogP contribution in [0.1, 0.15) is 34.1 Å². The smallest absolute Gasteiger partial charge is 0.313 e. The van der Waals surface area contributed by atoms with Crippen LogP contribution in [0.2, 0.25) is 0 Å². The third-order valence-corrected chi connectivity index (χ3v) is 2.11. The summed E-state index contributed by atoms with van der Waals surface area (Å²) in [6.45, 7) is 6.96. The van der Waals surface area contributed by atoms with E-state index in [0.29, 0.717) is 0 Å². The van der Waals surface area contributed by atoms with Crippen LogP contribution in [-0.2, 0) is 23.8 Å². The molecule has 0 N–H and O–H groups in total. The normalized spacial score (nSPS) is 15.2. The van der Waals surface area contributed by atoms with Crippen LogP contribution >= 0.6 is 0 Å². The average Bonchev–Trinajstić information content (AvgIpc) is 2.15. The maximum absolute atomic E-state index is 11.8. The maximum atomic E-state index is 11.8. The van der Waals surface area contributed by atoms with E-state index in [0.717, 1.165) is 0 Å². The average molecular weight is 246 g/mol. The molecule has 2 unspecified atom stereocenters. The Bertz CT molecular complexity index is 267. The van der Waals surface area contributed by atoms with E-state index in [-0.39, 0.29) is 12.2 Å². The maximum Gasteiger partial charge on any atom is 0.313 e. The van der Waals surface area contributed by atoms with Crippen molar-refractivity contribution in [2.24, 2.45) is 0 Å². The van der Waals surface area contributed by atoms with E-state index in [1.165, 1.54) is 14.2 Å². The number of rotatable bonds is 6. The van der Waals surface area contributed by atoms with Gasteiger partial charge in [0.2, 0.25) is 0 Å². The Labute approximate surface area is 102 Å². The molecule has 0 aliphatic rings. The number of hydrogen-bond acceptors (Lipinski definition) is 5. The molecule has 0 saturated heterocycles. The lowest BCUT2D eigenvalue weighted by Gasteiger charge is -2.22. The van der Waals surface area contributed by atoms with Crippen molar-refractivity contribution in [3.8, 4) is 0 Å². The molecule has 0 radical (unpaired) electrons. The van der Waals surface area contributed by atoms with Gasteiger partial charge in [0.15, 0.2) is 5.78 Å². The van der Waals surface area contributed by atoms with E-state index in [9.17, 15) is 9.59 Å². The van der Waals surface area contributed by atoms with Gasteiger partial charge >= 0.3 is 5.97 Å². The Morgan fingerprint density at radius 2 is 1.65 bits per heavy atom. The number of esters is 1. The monoisotopic (exact) mass is 246 g/mol. The highest BCUT2D eigenvalue weighted by Crippen LogP contribution is 2.11. The predicted molar refractivity (Wildman–Crippen MR) is 62.7 cm³/mol. The lowest BCUT2D eigenvalue weighted by Crippen LogP contribution is -2.37. The standard InChI is InChI=1S/C12H22O5/c1-8(15-5)11(16-6)9(13)7-10(14)17-12(2,3)4/h8,11H,7H2,1-6H3. The highest BCUT2D eigenvalue weighted by Gasteiger charge is 2.28. The van der Waals surface area contributed by atoms with Crippen molar-refractivity contribution in [3.05, 3.63) is 0 Å². The third-order valence-electron chi connectivity index (χ3n) is 2.11. The first kappa shape index (κ1) is 16.1. The lowest BCUT2D eigenvalue weighted by atomic mass is 10.1. The molecule has 0 aromatic rings. The van der Waals surface area contributed by atoms with Crippen LogP contribution in [0.5, 0.6) is 0 Å². The first-order valence-corrected chi connectivity index (χ1v) is 5.51. The number of methoxy groups -OCH3 is 2. The van der Waals surface area contributed by atoms with Gasteiger partial charge in [0.05, 0.1) is 6.10 Å². The molecule has 0 heterocycles. The zero-order valence-corrected chi connectivity index (χ0v) is 11.4. The quantitative estimate of drug-likeness (QED) is 0.522. The van der Waals surface area contributed by atoms with Crippen LogP contribution in [-0.4, -0.2) is 43.8 Å². The summed E-state index contributed by atoms with van der Waals surface area (Å²) in [6, 6.07) is 0. The Kier molecular flexibility index (Phi) is 6.34. The zero-order valence-electron chi connectivity index (χ0n) is 11.4. The third kappa shape index (κ3) is 6.38. The Morgan fingerprint density at radius 1 is 1.12 bits per heavy atom. The zero-order chi connectivity index (χ0) is 13.6. The summed E-state index contributed by atoms with van der Waals surface area (Å²) in [6.07, 6.45) is -1.44. The second-order valence-corrected chi connectivity index (χ2v) is 4.83. The van der Waals surface area contributed by atoms with Crippen molar-refractivity contribution in [3.63, 3.8) is 0 Å². The van der Waals surface area contributed by atoms with E-state index in [1.807, 2.05) is 0 Å². The Balaban J connectivity index is 4.37. The molecule has 0 fully saturated rings. The van der Waals surface area contributed by atoms with Crippen molar-refractivity contribution < 1.29 is 23.8 Å². The molecule has 0 saturated carbocycles. The van der Waals surface area contributed by atoms with Gasteiger partial charge in [-0.2, -0.15) is 0 Å². The second-order valence-electron chi connectivity index (χ2n) is 4.83. The van der Waals surface area contributed by atoms with Gasteiger partial charge < -0.3 is 14.2 Å². The molecule has 2 atom stereocenters. The SMILES string of the molecule is COC(C)C(OC)C(=O)CC(=O)OC(C)(C)C. The van der Waals surface area contributed by atoms with Crippen molar-refractivity contribution >= 4 is 11.8 Å². The molecule has 0 aliphatic heterocycles. The molecule has 0 aliphatic carbocycles. The summed E-state index contributed by atoms with van der Waals surface area (Å²) >= 11 is 0. The fourth-order valence-electron chi connectivity index (χ4n) is 1.33. The highest BCUT2D eigenvalue weighted by atomic mass is 16.6. The van der Waals surface area contributed by atoms with E-state index < -0.39 is 23.8 Å². The van der Waals surface area contributed by atoms with Crippen LogP contribution in [0.25, 0.3) is 0 Å². The molecule has 100 valence electrons. The van der Waals surface area contributed by atoms with Crippen molar-refractivity contribution in [2.75, 3.05) is 14.2 Å². The van der Waals surface area contributed by atoms with E-state index >= 15 is 0 Å². The fraction of sp³-hybridized carbons (Fsp3) is 0.833. The van der Waals surface area contributed by atoms with Crippen molar-refractivity contribution in [2.45, 2.75) is 51.9 Å². The van der Waals surface area contributed by atoms with Gasteiger partial charge in [-0.25, -0.2) is 0 Å². The van der Waals surface area contributed by atoms with Crippen molar-refractivity contribution in [1.82, 2.24) is 0 Å². The van der Waals surface area contributed by atoms with E-state index in [4.69, 9.17) is 14.2 Å². The molecule has 0 spiro atoms. The summed E-state index contributed by atoms with van der Waals surface area (Å²) in [4.78, 5) is 23.2. The first-order valence-electron chi connectivity index (χ1n) is 5.51. The fourth-order valence-corrected chi connectivity index (χ4v) is 1.33. The molecule has 0 bridgehead atoms. The van der Waals surface area contributed by atoms with Crippen LogP contribution in [0.4, 0.5) is 0 Å². The Hall–Kier alpha value is -0.940. The van der Waals surface area contributed by atoms with Gasteiger partial charge in [0.25, 0.3) is 0 Å².